The average molecular weight is 452 g/mol. The summed E-state index contributed by atoms with van der Waals surface area (Å²) in [5.74, 6) is -0.196. The molecule has 2 aliphatic rings. The molecular formula is C24H29N5O4. The molecule has 1 aromatic heterocycles. The van der Waals surface area contributed by atoms with Crippen molar-refractivity contribution in [3.05, 3.63) is 30.0 Å². The number of rotatable bonds is 9. The van der Waals surface area contributed by atoms with Crippen LogP contribution in [0.2, 0.25) is 0 Å². The molecule has 1 saturated heterocycles. The zero-order valence-corrected chi connectivity index (χ0v) is 18.9. The Morgan fingerprint density at radius 3 is 2.76 bits per heavy atom. The lowest BCUT2D eigenvalue weighted by molar-refractivity contribution is -0.126. The van der Waals surface area contributed by atoms with Crippen molar-refractivity contribution in [3.8, 4) is 11.8 Å². The normalized spacial score (nSPS) is 20.4. The Kier molecular flexibility index (Phi) is 6.27. The van der Waals surface area contributed by atoms with Crippen LogP contribution in [-0.2, 0) is 9.59 Å². The molecule has 4 rings (SSSR count). The van der Waals surface area contributed by atoms with Gasteiger partial charge >= 0.3 is 0 Å². The number of nitrogens with one attached hydrogen (secondary N) is 4. The van der Waals surface area contributed by atoms with Gasteiger partial charge in [-0.15, -0.1) is 0 Å². The molecule has 3 atom stereocenters. The molecule has 1 aliphatic heterocycles. The minimum atomic E-state index is -1.20. The van der Waals surface area contributed by atoms with Crippen molar-refractivity contribution < 1.29 is 19.1 Å². The highest BCUT2D eigenvalue weighted by atomic mass is 16.5. The first-order valence-corrected chi connectivity index (χ1v) is 11.3. The van der Waals surface area contributed by atoms with E-state index in [0.717, 1.165) is 23.7 Å². The highest BCUT2D eigenvalue weighted by molar-refractivity contribution is 6.01. The molecule has 2 aromatic rings. The van der Waals surface area contributed by atoms with E-state index in [-0.39, 0.29) is 18.2 Å². The summed E-state index contributed by atoms with van der Waals surface area (Å²) in [7, 11) is 1.57. The van der Waals surface area contributed by atoms with Crippen LogP contribution in [0.4, 0.5) is 0 Å². The van der Waals surface area contributed by atoms with Gasteiger partial charge in [0.1, 0.15) is 23.0 Å². The van der Waals surface area contributed by atoms with Crippen molar-refractivity contribution in [3.63, 3.8) is 0 Å². The molecule has 174 valence electrons. The Morgan fingerprint density at radius 1 is 1.33 bits per heavy atom. The first-order valence-electron chi connectivity index (χ1n) is 11.3. The van der Waals surface area contributed by atoms with Gasteiger partial charge in [0.2, 0.25) is 11.8 Å². The van der Waals surface area contributed by atoms with Crippen LogP contribution in [-0.4, -0.2) is 47.9 Å². The summed E-state index contributed by atoms with van der Waals surface area (Å²) in [6.45, 7) is 2.20. The monoisotopic (exact) mass is 451 g/mol. The van der Waals surface area contributed by atoms with Gasteiger partial charge in [0, 0.05) is 23.4 Å². The maximum Gasteiger partial charge on any atom is 0.268 e. The predicted molar refractivity (Wildman–Crippen MR) is 121 cm³/mol. The molecule has 2 heterocycles. The van der Waals surface area contributed by atoms with E-state index in [2.05, 4.69) is 27.0 Å². The lowest BCUT2D eigenvalue weighted by atomic mass is 9.88. The van der Waals surface area contributed by atoms with E-state index < -0.39 is 23.4 Å². The Bertz CT molecular complexity index is 1120. The first kappa shape index (κ1) is 22.6. The first-order chi connectivity index (χ1) is 15.8. The number of ether oxygens (including phenoxy) is 1. The molecule has 2 fully saturated rings. The number of benzene rings is 1. The quantitative estimate of drug-likeness (QED) is 0.462. The molecule has 9 heteroatoms. The van der Waals surface area contributed by atoms with Crippen LogP contribution in [0.25, 0.3) is 10.9 Å². The van der Waals surface area contributed by atoms with Crippen LogP contribution in [0.5, 0.6) is 5.75 Å². The Morgan fingerprint density at radius 2 is 2.12 bits per heavy atom. The van der Waals surface area contributed by atoms with E-state index in [4.69, 9.17) is 4.74 Å². The lowest BCUT2D eigenvalue weighted by Gasteiger charge is -2.28. The van der Waals surface area contributed by atoms with E-state index in [9.17, 15) is 19.6 Å². The van der Waals surface area contributed by atoms with Gasteiger partial charge in [-0.3, -0.25) is 14.4 Å². The van der Waals surface area contributed by atoms with Crippen LogP contribution in [0.15, 0.2) is 24.3 Å². The number of aromatic nitrogens is 1. The number of amides is 3. The Hall–Kier alpha value is -3.54. The number of nitriles is 1. The van der Waals surface area contributed by atoms with Crippen molar-refractivity contribution >= 4 is 28.6 Å². The van der Waals surface area contributed by atoms with Gasteiger partial charge in [0.05, 0.1) is 13.2 Å². The number of H-pyrrole nitrogens is 1. The summed E-state index contributed by atoms with van der Waals surface area (Å²) in [6.07, 6.45) is 3.40. The van der Waals surface area contributed by atoms with Gasteiger partial charge in [-0.05, 0) is 50.3 Å². The van der Waals surface area contributed by atoms with E-state index in [1.165, 1.54) is 0 Å². The molecule has 33 heavy (non-hydrogen) atoms. The maximum absolute atomic E-state index is 13.2. The molecule has 3 unspecified atom stereocenters. The summed E-state index contributed by atoms with van der Waals surface area (Å²) in [6, 6.07) is 8.57. The zero-order valence-electron chi connectivity index (χ0n) is 18.9. The largest absolute Gasteiger partial charge is 0.496 e. The van der Waals surface area contributed by atoms with Crippen LogP contribution in [0.3, 0.4) is 0 Å². The number of aromatic amines is 1. The molecule has 0 radical (unpaired) electrons. The summed E-state index contributed by atoms with van der Waals surface area (Å²) < 4.78 is 5.36. The number of hydrogen-bond acceptors (Lipinski definition) is 5. The third-order valence-electron chi connectivity index (χ3n) is 6.44. The third kappa shape index (κ3) is 5.11. The second kappa shape index (κ2) is 9.14. The maximum atomic E-state index is 13.2. The molecule has 1 aliphatic carbocycles. The molecule has 1 aromatic carbocycles. The molecule has 4 N–H and O–H groups in total. The molecule has 1 saturated carbocycles. The Labute approximate surface area is 192 Å². The van der Waals surface area contributed by atoms with Gasteiger partial charge in [-0.1, -0.05) is 18.9 Å². The van der Waals surface area contributed by atoms with Crippen molar-refractivity contribution in [1.29, 1.82) is 5.26 Å². The molecule has 0 bridgehead atoms. The van der Waals surface area contributed by atoms with E-state index in [1.54, 1.807) is 20.1 Å². The van der Waals surface area contributed by atoms with E-state index in [0.29, 0.717) is 36.7 Å². The van der Waals surface area contributed by atoms with Crippen molar-refractivity contribution in [1.82, 2.24) is 20.9 Å². The van der Waals surface area contributed by atoms with Crippen molar-refractivity contribution in [2.75, 3.05) is 13.7 Å². The van der Waals surface area contributed by atoms with Crippen LogP contribution < -0.4 is 20.7 Å². The van der Waals surface area contributed by atoms with Gasteiger partial charge < -0.3 is 25.7 Å². The molecule has 0 spiro atoms. The van der Waals surface area contributed by atoms with E-state index in [1.807, 2.05) is 18.2 Å². The predicted octanol–water partition coefficient (Wildman–Crippen LogP) is 2.00. The summed E-state index contributed by atoms with van der Waals surface area (Å²) in [5.41, 5.74) is -0.117. The molecule has 9 nitrogen and oxygen atoms in total. The second-order valence-electron chi connectivity index (χ2n) is 9.22. The minimum absolute atomic E-state index is 0.0946. The van der Waals surface area contributed by atoms with Gasteiger partial charge in [0.25, 0.3) is 5.91 Å². The Balaban J connectivity index is 1.48. The number of carbonyl (C=O) groups excluding carboxylic acids is 3. The van der Waals surface area contributed by atoms with E-state index >= 15 is 0 Å². The lowest BCUT2D eigenvalue weighted by Crippen LogP contribution is -2.55. The summed E-state index contributed by atoms with van der Waals surface area (Å²) in [4.78, 5) is 41.2. The number of fused-ring (bicyclic) bond motifs is 1. The smallest absolute Gasteiger partial charge is 0.268 e. The number of nitrogens with zero attached hydrogens (tertiary/aromatic N) is 1. The number of hydrogen-bond donors (Lipinski definition) is 4. The van der Waals surface area contributed by atoms with Crippen molar-refractivity contribution in [2.24, 2.45) is 11.8 Å². The SMILES string of the molecule is COc1cccc2[nH]c(C(=O)NC(CC3CC3)C(=O)NC(C)(C#N)CC3CCNC3=O)cc12. The number of carbonyl (C=O) groups is 3. The van der Waals surface area contributed by atoms with Gasteiger partial charge in [-0.25, -0.2) is 0 Å². The fourth-order valence-electron chi connectivity index (χ4n) is 4.40. The van der Waals surface area contributed by atoms with Crippen molar-refractivity contribution in [2.45, 2.75) is 50.6 Å². The highest BCUT2D eigenvalue weighted by Gasteiger charge is 2.38. The standard InChI is InChI=1S/C24H29N5O4/c1-24(13-25,12-15-8-9-26-21(15)30)29-23(32)18(10-14-6-7-14)28-22(31)19-11-16-17(27-19)4-3-5-20(16)33-2/h3-5,11,14-15,18,27H,6-10,12H2,1-2H3,(H,26,30)(H,28,31)(H,29,32). The van der Waals surface area contributed by atoms with Crippen LogP contribution in [0, 0.1) is 23.2 Å². The third-order valence-corrected chi connectivity index (χ3v) is 6.44. The minimum Gasteiger partial charge on any atom is -0.496 e. The van der Waals surface area contributed by atoms with Gasteiger partial charge in [-0.2, -0.15) is 5.26 Å². The van der Waals surface area contributed by atoms with Gasteiger partial charge in [0.15, 0.2) is 0 Å². The fraction of sp³-hybridized carbons (Fsp3) is 0.500. The zero-order chi connectivity index (χ0) is 23.6. The highest BCUT2D eigenvalue weighted by Crippen LogP contribution is 2.34. The fourth-order valence-corrected chi connectivity index (χ4v) is 4.40. The molecular weight excluding hydrogens is 422 g/mol. The summed E-state index contributed by atoms with van der Waals surface area (Å²) in [5, 5.41) is 18.9. The number of methoxy groups -OCH3 is 1. The summed E-state index contributed by atoms with van der Waals surface area (Å²) >= 11 is 0. The molecule has 3 amide bonds. The van der Waals surface area contributed by atoms with Crippen LogP contribution in [0.1, 0.15) is 49.5 Å². The topological polar surface area (TPSA) is 136 Å². The average Bonchev–Trinajstić information content (AvgIpc) is 3.36. The van der Waals surface area contributed by atoms with Crippen LogP contribution >= 0.6 is 0 Å². The second-order valence-corrected chi connectivity index (χ2v) is 9.22.